The molecule has 2 heterocycles. The first-order chi connectivity index (χ1) is 14.4. The molecule has 0 aliphatic heterocycles. The Kier molecular flexibility index (Phi) is 6.62. The Labute approximate surface area is 168 Å². The molecule has 0 radical (unpaired) electrons. The largest absolute Gasteiger partial charge is 0.461 e. The lowest BCUT2D eigenvalue weighted by atomic mass is 10.2. The molecule has 0 saturated carbocycles. The monoisotopic (exact) mass is 423 g/mol. The second-order valence-electron chi connectivity index (χ2n) is 5.96. The van der Waals surface area contributed by atoms with Gasteiger partial charge in [-0.15, -0.1) is 0 Å². The van der Waals surface area contributed by atoms with Crippen molar-refractivity contribution in [3.8, 4) is 17.0 Å². The van der Waals surface area contributed by atoms with E-state index in [4.69, 9.17) is 5.11 Å². The van der Waals surface area contributed by atoms with Gasteiger partial charge in [-0.2, -0.15) is 17.6 Å². The zero-order valence-electron chi connectivity index (χ0n) is 15.4. The molecule has 3 rings (SSSR count). The van der Waals surface area contributed by atoms with E-state index in [-0.39, 0.29) is 18.2 Å². The molecule has 30 heavy (non-hydrogen) atoms. The minimum absolute atomic E-state index is 0.0422. The van der Waals surface area contributed by atoms with E-state index in [1.54, 1.807) is 24.4 Å². The summed E-state index contributed by atoms with van der Waals surface area (Å²) >= 11 is 0. The molecule has 0 saturated heterocycles. The lowest BCUT2D eigenvalue weighted by Gasteiger charge is -2.17. The van der Waals surface area contributed by atoms with Gasteiger partial charge in [0.2, 0.25) is 5.95 Å². The number of benzene rings is 1. The molecule has 0 unspecified atom stereocenters. The maximum atomic E-state index is 13.1. The van der Waals surface area contributed by atoms with Crippen LogP contribution >= 0.6 is 0 Å². The van der Waals surface area contributed by atoms with E-state index in [1.807, 2.05) is 0 Å². The molecule has 7 nitrogen and oxygen atoms in total. The van der Waals surface area contributed by atoms with Crippen molar-refractivity contribution in [2.45, 2.75) is 12.5 Å². The van der Waals surface area contributed by atoms with E-state index in [2.05, 4.69) is 30.3 Å². The van der Waals surface area contributed by atoms with Crippen LogP contribution in [0.15, 0.2) is 54.9 Å². The van der Waals surface area contributed by atoms with Gasteiger partial charge in [-0.05, 0) is 30.3 Å². The highest BCUT2D eigenvalue weighted by Crippen LogP contribution is 2.29. The molecule has 2 aromatic heterocycles. The van der Waals surface area contributed by atoms with E-state index in [0.29, 0.717) is 18.1 Å². The quantitative estimate of drug-likeness (QED) is 0.449. The number of nitrogens with zero attached hydrogens (tertiary/aromatic N) is 3. The van der Waals surface area contributed by atoms with Crippen molar-refractivity contribution in [3.05, 3.63) is 54.9 Å². The van der Waals surface area contributed by atoms with Gasteiger partial charge in [0.25, 0.3) is 0 Å². The summed E-state index contributed by atoms with van der Waals surface area (Å²) in [6.45, 7) is 0.301. The van der Waals surface area contributed by atoms with Crippen LogP contribution in [0.5, 0.6) is 5.75 Å². The van der Waals surface area contributed by atoms with Gasteiger partial charge in [0.1, 0.15) is 11.6 Å². The molecule has 0 aliphatic carbocycles. The number of aliphatic hydroxyl groups excluding tert-OH is 1. The summed E-state index contributed by atoms with van der Waals surface area (Å²) in [6.07, 6.45) is -5.48. The third-order valence-electron chi connectivity index (χ3n) is 3.73. The average molecular weight is 423 g/mol. The summed E-state index contributed by atoms with van der Waals surface area (Å²) in [7, 11) is 0. The van der Waals surface area contributed by atoms with Gasteiger partial charge in [0.05, 0.1) is 12.3 Å². The predicted molar refractivity (Wildman–Crippen MR) is 102 cm³/mol. The Balaban J connectivity index is 1.77. The Bertz CT molecular complexity index is 990. The molecule has 11 heteroatoms. The molecule has 0 amide bonds. The molecule has 0 spiro atoms. The van der Waals surface area contributed by atoms with Gasteiger partial charge in [0, 0.05) is 36.3 Å². The van der Waals surface area contributed by atoms with Crippen molar-refractivity contribution in [1.82, 2.24) is 15.0 Å². The maximum absolute atomic E-state index is 13.1. The highest BCUT2D eigenvalue weighted by molar-refractivity contribution is 5.65. The summed E-state index contributed by atoms with van der Waals surface area (Å²) in [5, 5.41) is 14.7. The van der Waals surface area contributed by atoms with Gasteiger partial charge in [-0.3, -0.25) is 0 Å². The standard InChI is InChI=1S/C19H17F4N5O2/c20-17(21)19(22,23)30-14-3-1-2-13(11-14)27-18-26-7-5-15(28-18)12-4-6-24-16(10-12)25-8-9-29/h1-7,10-11,17,29H,8-9H2,(H,24,25)(H,26,27,28). The van der Waals surface area contributed by atoms with Crippen LogP contribution in [-0.2, 0) is 0 Å². The van der Waals surface area contributed by atoms with E-state index in [1.165, 1.54) is 18.3 Å². The molecule has 0 atom stereocenters. The van der Waals surface area contributed by atoms with Crippen molar-refractivity contribution in [2.75, 3.05) is 23.8 Å². The van der Waals surface area contributed by atoms with Crippen LogP contribution in [0.4, 0.5) is 35.0 Å². The molecule has 3 aromatic rings. The average Bonchev–Trinajstić information content (AvgIpc) is 2.72. The van der Waals surface area contributed by atoms with Gasteiger partial charge < -0.3 is 20.5 Å². The fourth-order valence-corrected chi connectivity index (χ4v) is 2.42. The number of alkyl halides is 4. The van der Waals surface area contributed by atoms with E-state index in [9.17, 15) is 17.6 Å². The maximum Gasteiger partial charge on any atom is 0.461 e. The molecule has 158 valence electrons. The van der Waals surface area contributed by atoms with Crippen molar-refractivity contribution < 1.29 is 27.4 Å². The first-order valence-corrected chi connectivity index (χ1v) is 8.73. The Morgan fingerprint density at radius 1 is 1.07 bits per heavy atom. The van der Waals surface area contributed by atoms with Crippen LogP contribution in [0.1, 0.15) is 0 Å². The summed E-state index contributed by atoms with van der Waals surface area (Å²) in [5.41, 5.74) is 1.55. The summed E-state index contributed by atoms with van der Waals surface area (Å²) in [4.78, 5) is 12.6. The topological polar surface area (TPSA) is 92.2 Å². The van der Waals surface area contributed by atoms with Gasteiger partial charge in [0.15, 0.2) is 0 Å². The lowest BCUT2D eigenvalue weighted by molar-refractivity contribution is -0.253. The number of halogens is 4. The fraction of sp³-hybridized carbons (Fsp3) is 0.211. The molecule has 0 bridgehead atoms. The van der Waals surface area contributed by atoms with Crippen LogP contribution in [0.25, 0.3) is 11.3 Å². The SMILES string of the molecule is OCCNc1cc(-c2ccnc(Nc3cccc(OC(F)(F)C(F)F)c3)n2)ccn1. The number of ether oxygens (including phenoxy) is 1. The first-order valence-electron chi connectivity index (χ1n) is 8.73. The minimum atomic E-state index is -4.60. The van der Waals surface area contributed by atoms with E-state index in [0.717, 1.165) is 17.7 Å². The van der Waals surface area contributed by atoms with Crippen LogP contribution < -0.4 is 15.4 Å². The third-order valence-corrected chi connectivity index (χ3v) is 3.73. The van der Waals surface area contributed by atoms with Crippen LogP contribution in [-0.4, -0.2) is 45.7 Å². The van der Waals surface area contributed by atoms with Gasteiger partial charge in [-0.1, -0.05) is 6.07 Å². The summed E-state index contributed by atoms with van der Waals surface area (Å²) < 4.78 is 54.9. The van der Waals surface area contributed by atoms with Crippen LogP contribution in [0.2, 0.25) is 0 Å². The normalized spacial score (nSPS) is 11.4. The number of aromatic nitrogens is 3. The van der Waals surface area contributed by atoms with E-state index >= 15 is 0 Å². The van der Waals surface area contributed by atoms with Crippen LogP contribution in [0.3, 0.4) is 0 Å². The first kappa shape index (κ1) is 21.2. The molecular weight excluding hydrogens is 406 g/mol. The molecule has 0 fully saturated rings. The van der Waals surface area contributed by atoms with Gasteiger partial charge in [-0.25, -0.2) is 15.0 Å². The highest BCUT2D eigenvalue weighted by atomic mass is 19.3. The van der Waals surface area contributed by atoms with E-state index < -0.39 is 18.3 Å². The van der Waals surface area contributed by atoms with Crippen molar-refractivity contribution in [3.63, 3.8) is 0 Å². The van der Waals surface area contributed by atoms with Crippen molar-refractivity contribution >= 4 is 17.5 Å². The Morgan fingerprint density at radius 3 is 2.63 bits per heavy atom. The molecule has 1 aromatic carbocycles. The molecular formula is C19H17F4N5O2. The summed E-state index contributed by atoms with van der Waals surface area (Å²) in [5.74, 6) is 0.279. The molecule has 3 N–H and O–H groups in total. The number of hydrogen-bond acceptors (Lipinski definition) is 7. The predicted octanol–water partition coefficient (Wildman–Crippen LogP) is 3.92. The number of pyridine rings is 1. The van der Waals surface area contributed by atoms with Crippen molar-refractivity contribution in [1.29, 1.82) is 0 Å². The second-order valence-corrected chi connectivity index (χ2v) is 5.96. The van der Waals surface area contributed by atoms with Crippen molar-refractivity contribution in [2.24, 2.45) is 0 Å². The van der Waals surface area contributed by atoms with Crippen LogP contribution in [0, 0.1) is 0 Å². The lowest BCUT2D eigenvalue weighted by Crippen LogP contribution is -2.33. The zero-order valence-corrected chi connectivity index (χ0v) is 15.4. The number of anilines is 3. The van der Waals surface area contributed by atoms with Gasteiger partial charge >= 0.3 is 12.5 Å². The number of hydrogen-bond donors (Lipinski definition) is 3. The summed E-state index contributed by atoms with van der Waals surface area (Å²) in [6, 6.07) is 10.3. The number of aliphatic hydroxyl groups is 1. The number of rotatable bonds is 9. The number of nitrogens with one attached hydrogen (secondary N) is 2. The Hall–Kier alpha value is -3.47. The smallest absolute Gasteiger partial charge is 0.428 e. The zero-order chi connectivity index (χ0) is 21.6. The highest BCUT2D eigenvalue weighted by Gasteiger charge is 2.43. The fourth-order valence-electron chi connectivity index (χ4n) is 2.42. The second kappa shape index (κ2) is 9.35. The third kappa shape index (κ3) is 5.54. The minimum Gasteiger partial charge on any atom is -0.428 e. The molecule has 0 aliphatic rings. The Morgan fingerprint density at radius 2 is 1.87 bits per heavy atom.